The SMILES string of the molecule is Cc1cccc(OCCNC(=O)CN(c2cccc(C)c2C)S(C)(=O)=O)c1. The number of nitrogens with one attached hydrogen (secondary N) is 1. The highest BCUT2D eigenvalue weighted by Crippen LogP contribution is 2.24. The van der Waals surface area contributed by atoms with Gasteiger partial charge in [-0.05, 0) is 55.7 Å². The molecular weight excluding hydrogens is 364 g/mol. The molecule has 0 heterocycles. The second kappa shape index (κ2) is 8.90. The molecule has 0 aromatic heterocycles. The lowest BCUT2D eigenvalue weighted by Crippen LogP contribution is -2.41. The maximum absolute atomic E-state index is 12.3. The van der Waals surface area contributed by atoms with Gasteiger partial charge in [0.1, 0.15) is 18.9 Å². The third-order valence-electron chi connectivity index (χ3n) is 4.21. The minimum Gasteiger partial charge on any atom is -0.492 e. The van der Waals surface area contributed by atoms with Crippen LogP contribution in [0, 0.1) is 20.8 Å². The molecule has 0 saturated heterocycles. The van der Waals surface area contributed by atoms with Crippen LogP contribution in [0.25, 0.3) is 0 Å². The molecule has 0 saturated carbocycles. The smallest absolute Gasteiger partial charge is 0.240 e. The minimum atomic E-state index is -3.59. The Hall–Kier alpha value is -2.54. The van der Waals surface area contributed by atoms with E-state index in [1.54, 1.807) is 12.1 Å². The van der Waals surface area contributed by atoms with Crippen LogP contribution in [0.1, 0.15) is 16.7 Å². The van der Waals surface area contributed by atoms with E-state index in [0.29, 0.717) is 12.3 Å². The maximum Gasteiger partial charge on any atom is 0.240 e. The van der Waals surface area contributed by atoms with Crippen LogP contribution in [0.4, 0.5) is 5.69 Å². The Labute approximate surface area is 161 Å². The summed E-state index contributed by atoms with van der Waals surface area (Å²) in [5.41, 5.74) is 3.41. The first kappa shape index (κ1) is 20.8. The summed E-state index contributed by atoms with van der Waals surface area (Å²) in [4.78, 5) is 12.3. The van der Waals surface area contributed by atoms with E-state index in [4.69, 9.17) is 4.74 Å². The molecule has 6 nitrogen and oxygen atoms in total. The zero-order chi connectivity index (χ0) is 20.0. The van der Waals surface area contributed by atoms with Crippen LogP contribution < -0.4 is 14.4 Å². The topological polar surface area (TPSA) is 75.7 Å². The number of benzene rings is 2. The normalized spacial score (nSPS) is 11.1. The predicted octanol–water partition coefficient (Wildman–Crippen LogP) is 2.57. The molecule has 7 heteroatoms. The first-order valence-corrected chi connectivity index (χ1v) is 10.5. The molecule has 0 aliphatic carbocycles. The molecule has 2 aromatic carbocycles. The zero-order valence-corrected chi connectivity index (χ0v) is 17.0. The maximum atomic E-state index is 12.3. The van der Waals surface area contributed by atoms with Crippen LogP contribution in [0.2, 0.25) is 0 Å². The predicted molar refractivity (Wildman–Crippen MR) is 108 cm³/mol. The Morgan fingerprint density at radius 3 is 2.48 bits per heavy atom. The Kier molecular flexibility index (Phi) is 6.85. The molecule has 0 aliphatic rings. The van der Waals surface area contributed by atoms with Gasteiger partial charge in [0.05, 0.1) is 18.5 Å². The molecule has 0 atom stereocenters. The summed E-state index contributed by atoms with van der Waals surface area (Å²) < 4.78 is 31.1. The number of amides is 1. The lowest BCUT2D eigenvalue weighted by Gasteiger charge is -2.24. The summed E-state index contributed by atoms with van der Waals surface area (Å²) in [7, 11) is -3.59. The Bertz CT molecular complexity index is 910. The quantitative estimate of drug-likeness (QED) is 0.703. The lowest BCUT2D eigenvalue weighted by atomic mass is 10.1. The van der Waals surface area contributed by atoms with Crippen molar-refractivity contribution in [2.45, 2.75) is 20.8 Å². The summed E-state index contributed by atoms with van der Waals surface area (Å²) >= 11 is 0. The number of hydrogen-bond acceptors (Lipinski definition) is 4. The van der Waals surface area contributed by atoms with E-state index in [1.165, 1.54) is 0 Å². The van der Waals surface area contributed by atoms with Gasteiger partial charge in [-0.25, -0.2) is 8.42 Å². The van der Waals surface area contributed by atoms with E-state index in [2.05, 4.69) is 5.32 Å². The van der Waals surface area contributed by atoms with Crippen molar-refractivity contribution in [1.29, 1.82) is 0 Å². The molecule has 0 fully saturated rings. The van der Waals surface area contributed by atoms with E-state index >= 15 is 0 Å². The van der Waals surface area contributed by atoms with Crippen molar-refractivity contribution in [1.82, 2.24) is 5.32 Å². The largest absolute Gasteiger partial charge is 0.492 e. The minimum absolute atomic E-state index is 0.270. The molecule has 146 valence electrons. The molecule has 0 spiro atoms. The summed E-state index contributed by atoms with van der Waals surface area (Å²) in [5, 5.41) is 2.70. The fourth-order valence-electron chi connectivity index (χ4n) is 2.64. The highest BCUT2D eigenvalue weighted by molar-refractivity contribution is 7.92. The van der Waals surface area contributed by atoms with Crippen molar-refractivity contribution in [2.75, 3.05) is 30.3 Å². The molecule has 27 heavy (non-hydrogen) atoms. The molecule has 0 aliphatic heterocycles. The third kappa shape index (κ3) is 5.99. The third-order valence-corrected chi connectivity index (χ3v) is 5.34. The zero-order valence-electron chi connectivity index (χ0n) is 16.2. The molecule has 2 aromatic rings. The van der Waals surface area contributed by atoms with Crippen molar-refractivity contribution >= 4 is 21.6 Å². The van der Waals surface area contributed by atoms with Gasteiger partial charge in [0, 0.05) is 0 Å². The molecule has 0 unspecified atom stereocenters. The first-order valence-electron chi connectivity index (χ1n) is 8.68. The Balaban J connectivity index is 1.95. The molecular formula is C20H26N2O4S. The van der Waals surface area contributed by atoms with Crippen LogP contribution in [-0.2, 0) is 14.8 Å². The number of carbonyl (C=O) groups is 1. The monoisotopic (exact) mass is 390 g/mol. The van der Waals surface area contributed by atoms with Gasteiger partial charge in [-0.15, -0.1) is 0 Å². The Morgan fingerprint density at radius 2 is 1.81 bits per heavy atom. The van der Waals surface area contributed by atoms with Crippen molar-refractivity contribution < 1.29 is 17.9 Å². The average Bonchev–Trinajstić information content (AvgIpc) is 2.58. The number of nitrogens with zero attached hydrogens (tertiary/aromatic N) is 1. The van der Waals surface area contributed by atoms with Gasteiger partial charge in [-0.2, -0.15) is 0 Å². The number of rotatable bonds is 8. The number of hydrogen-bond donors (Lipinski definition) is 1. The summed E-state index contributed by atoms with van der Waals surface area (Å²) in [5.74, 6) is 0.353. The van der Waals surface area contributed by atoms with Gasteiger partial charge >= 0.3 is 0 Å². The van der Waals surface area contributed by atoms with E-state index < -0.39 is 10.0 Å². The van der Waals surface area contributed by atoms with E-state index in [0.717, 1.165) is 33.0 Å². The van der Waals surface area contributed by atoms with Crippen LogP contribution >= 0.6 is 0 Å². The van der Waals surface area contributed by atoms with E-state index in [1.807, 2.05) is 51.1 Å². The fourth-order valence-corrected chi connectivity index (χ4v) is 3.54. The molecule has 0 bridgehead atoms. The van der Waals surface area contributed by atoms with Crippen molar-refractivity contribution in [3.63, 3.8) is 0 Å². The van der Waals surface area contributed by atoms with Gasteiger partial charge in [0.15, 0.2) is 0 Å². The molecule has 2 rings (SSSR count). The number of aryl methyl sites for hydroxylation is 2. The van der Waals surface area contributed by atoms with Gasteiger partial charge in [0.25, 0.3) is 0 Å². The average molecular weight is 391 g/mol. The fraction of sp³-hybridized carbons (Fsp3) is 0.350. The van der Waals surface area contributed by atoms with Gasteiger partial charge in [-0.1, -0.05) is 24.3 Å². The second-order valence-corrected chi connectivity index (χ2v) is 8.41. The Morgan fingerprint density at radius 1 is 1.11 bits per heavy atom. The van der Waals surface area contributed by atoms with Crippen molar-refractivity contribution in [3.8, 4) is 5.75 Å². The highest BCUT2D eigenvalue weighted by atomic mass is 32.2. The molecule has 1 amide bonds. The molecule has 1 N–H and O–H groups in total. The van der Waals surface area contributed by atoms with Gasteiger partial charge in [-0.3, -0.25) is 9.10 Å². The van der Waals surface area contributed by atoms with Gasteiger partial charge in [0.2, 0.25) is 15.9 Å². The van der Waals surface area contributed by atoms with E-state index in [9.17, 15) is 13.2 Å². The number of sulfonamides is 1. The number of carbonyl (C=O) groups excluding carboxylic acids is 1. The van der Waals surface area contributed by atoms with Crippen LogP contribution in [0.5, 0.6) is 5.75 Å². The summed E-state index contributed by atoms with van der Waals surface area (Å²) in [6.07, 6.45) is 1.10. The van der Waals surface area contributed by atoms with Crippen molar-refractivity contribution in [2.24, 2.45) is 0 Å². The van der Waals surface area contributed by atoms with E-state index in [-0.39, 0.29) is 19.0 Å². The molecule has 0 radical (unpaired) electrons. The summed E-state index contributed by atoms with van der Waals surface area (Å²) in [6.45, 7) is 6.04. The second-order valence-electron chi connectivity index (χ2n) is 6.50. The highest BCUT2D eigenvalue weighted by Gasteiger charge is 2.22. The first-order chi connectivity index (χ1) is 12.7. The standard InChI is InChI=1S/C20H26N2O4S/c1-15-7-5-9-18(13-15)26-12-11-21-20(23)14-22(27(4,24)25)19-10-6-8-16(2)17(19)3/h5-10,13H,11-12,14H2,1-4H3,(H,21,23). The lowest BCUT2D eigenvalue weighted by molar-refractivity contribution is -0.119. The number of anilines is 1. The van der Waals surface area contributed by atoms with Gasteiger partial charge < -0.3 is 10.1 Å². The summed E-state index contributed by atoms with van der Waals surface area (Å²) in [6, 6.07) is 13.0. The van der Waals surface area contributed by atoms with Crippen LogP contribution in [0.15, 0.2) is 42.5 Å². The van der Waals surface area contributed by atoms with Crippen molar-refractivity contribution in [3.05, 3.63) is 59.2 Å². The van der Waals surface area contributed by atoms with Crippen LogP contribution in [0.3, 0.4) is 0 Å². The van der Waals surface area contributed by atoms with Crippen LogP contribution in [-0.4, -0.2) is 40.3 Å². The number of ether oxygens (including phenoxy) is 1.